The summed E-state index contributed by atoms with van der Waals surface area (Å²) >= 11 is 0. The summed E-state index contributed by atoms with van der Waals surface area (Å²) in [5.41, 5.74) is 6.65. The van der Waals surface area contributed by atoms with Gasteiger partial charge in [0, 0.05) is 13.2 Å². The minimum Gasteiger partial charge on any atom is -0.491 e. The fourth-order valence-electron chi connectivity index (χ4n) is 1.73. The fraction of sp³-hybridized carbons (Fsp3) is 0.500. The molecule has 0 spiro atoms. The summed E-state index contributed by atoms with van der Waals surface area (Å²) < 4.78 is 11.1. The van der Waals surface area contributed by atoms with Gasteiger partial charge < -0.3 is 15.2 Å². The van der Waals surface area contributed by atoms with E-state index in [1.807, 2.05) is 24.3 Å². The molecule has 4 heteroatoms. The highest BCUT2D eigenvalue weighted by Crippen LogP contribution is 2.16. The standard InChI is InChI=1S/C12H17NO2.ClH/c13-8-10-3-1-4-11(7-10)15-9-12-5-2-6-14-12;/h1,3-4,7,12H,2,5-6,8-9,13H2;1H. The molecule has 0 amide bonds. The van der Waals surface area contributed by atoms with E-state index in [0.717, 1.165) is 30.8 Å². The molecular weight excluding hydrogens is 226 g/mol. The zero-order chi connectivity index (χ0) is 10.5. The number of ether oxygens (including phenoxy) is 2. The van der Waals surface area contributed by atoms with Crippen molar-refractivity contribution in [3.05, 3.63) is 29.8 Å². The molecule has 0 aliphatic carbocycles. The summed E-state index contributed by atoms with van der Waals surface area (Å²) in [6, 6.07) is 7.90. The lowest BCUT2D eigenvalue weighted by Crippen LogP contribution is -2.16. The molecule has 1 aromatic rings. The van der Waals surface area contributed by atoms with Gasteiger partial charge in [0.05, 0.1) is 6.10 Å². The maximum absolute atomic E-state index is 5.65. The number of hydrogen-bond donors (Lipinski definition) is 1. The predicted octanol–water partition coefficient (Wildman–Crippen LogP) is 2.12. The van der Waals surface area contributed by atoms with Crippen molar-refractivity contribution in [1.29, 1.82) is 0 Å². The molecule has 1 aliphatic heterocycles. The first kappa shape index (κ1) is 13.3. The molecule has 0 aromatic heterocycles. The molecule has 0 radical (unpaired) electrons. The Balaban J connectivity index is 0.00000128. The molecule has 2 rings (SSSR count). The minimum atomic E-state index is 0. The van der Waals surface area contributed by atoms with E-state index in [0.29, 0.717) is 13.2 Å². The van der Waals surface area contributed by atoms with E-state index in [1.54, 1.807) is 0 Å². The van der Waals surface area contributed by atoms with Gasteiger partial charge >= 0.3 is 0 Å². The van der Waals surface area contributed by atoms with E-state index in [4.69, 9.17) is 15.2 Å². The van der Waals surface area contributed by atoms with Crippen LogP contribution in [0.25, 0.3) is 0 Å². The van der Waals surface area contributed by atoms with Gasteiger partial charge in [-0.25, -0.2) is 0 Å². The predicted molar refractivity (Wildman–Crippen MR) is 66.1 cm³/mol. The molecule has 3 nitrogen and oxygen atoms in total. The lowest BCUT2D eigenvalue weighted by molar-refractivity contribution is 0.0679. The Morgan fingerprint density at radius 2 is 2.31 bits per heavy atom. The first-order chi connectivity index (χ1) is 7.38. The van der Waals surface area contributed by atoms with Crippen molar-refractivity contribution in [3.63, 3.8) is 0 Å². The summed E-state index contributed by atoms with van der Waals surface area (Å²) in [5, 5.41) is 0. The third-order valence-corrected chi connectivity index (χ3v) is 2.59. The lowest BCUT2D eigenvalue weighted by atomic mass is 10.2. The largest absolute Gasteiger partial charge is 0.491 e. The van der Waals surface area contributed by atoms with Gasteiger partial charge in [0.1, 0.15) is 12.4 Å². The van der Waals surface area contributed by atoms with Crippen molar-refractivity contribution in [3.8, 4) is 5.75 Å². The molecule has 1 atom stereocenters. The van der Waals surface area contributed by atoms with Gasteiger partial charge in [-0.2, -0.15) is 0 Å². The Morgan fingerprint density at radius 3 is 3.00 bits per heavy atom. The van der Waals surface area contributed by atoms with Crippen LogP contribution in [0.15, 0.2) is 24.3 Å². The van der Waals surface area contributed by atoms with Crippen molar-refractivity contribution in [2.45, 2.75) is 25.5 Å². The number of hydrogen-bond acceptors (Lipinski definition) is 3. The first-order valence-electron chi connectivity index (χ1n) is 5.42. The van der Waals surface area contributed by atoms with Crippen molar-refractivity contribution >= 4 is 12.4 Å². The van der Waals surface area contributed by atoms with Crippen molar-refractivity contribution in [1.82, 2.24) is 0 Å². The Morgan fingerprint density at radius 1 is 1.44 bits per heavy atom. The topological polar surface area (TPSA) is 44.5 Å². The van der Waals surface area contributed by atoms with Gasteiger partial charge in [0.15, 0.2) is 0 Å². The van der Waals surface area contributed by atoms with E-state index < -0.39 is 0 Å². The maximum atomic E-state index is 5.65. The highest BCUT2D eigenvalue weighted by Gasteiger charge is 2.15. The van der Waals surface area contributed by atoms with Gasteiger partial charge in [-0.15, -0.1) is 12.4 Å². The summed E-state index contributed by atoms with van der Waals surface area (Å²) in [6.07, 6.45) is 2.53. The minimum absolute atomic E-state index is 0. The molecule has 1 saturated heterocycles. The molecule has 1 aromatic carbocycles. The quantitative estimate of drug-likeness (QED) is 0.881. The van der Waals surface area contributed by atoms with Gasteiger partial charge in [-0.05, 0) is 30.5 Å². The molecule has 90 valence electrons. The second kappa shape index (κ2) is 6.74. The summed E-state index contributed by atoms with van der Waals surface area (Å²) in [7, 11) is 0. The molecule has 1 aliphatic rings. The van der Waals surface area contributed by atoms with Crippen LogP contribution in [0.2, 0.25) is 0 Å². The van der Waals surface area contributed by atoms with Crippen LogP contribution in [0.1, 0.15) is 18.4 Å². The zero-order valence-electron chi connectivity index (χ0n) is 9.22. The van der Waals surface area contributed by atoms with E-state index in [-0.39, 0.29) is 18.5 Å². The number of rotatable bonds is 4. The maximum Gasteiger partial charge on any atom is 0.119 e. The highest BCUT2D eigenvalue weighted by molar-refractivity contribution is 5.85. The first-order valence-corrected chi connectivity index (χ1v) is 5.42. The third-order valence-electron chi connectivity index (χ3n) is 2.59. The van der Waals surface area contributed by atoms with Gasteiger partial charge in [-0.3, -0.25) is 0 Å². The smallest absolute Gasteiger partial charge is 0.119 e. The monoisotopic (exact) mass is 243 g/mol. The Kier molecular flexibility index (Phi) is 5.60. The summed E-state index contributed by atoms with van der Waals surface area (Å²) in [5.74, 6) is 0.883. The zero-order valence-corrected chi connectivity index (χ0v) is 10.0. The molecule has 2 N–H and O–H groups in total. The molecule has 0 bridgehead atoms. The van der Waals surface area contributed by atoms with E-state index >= 15 is 0 Å². The molecular formula is C12H18ClNO2. The molecule has 0 saturated carbocycles. The summed E-state index contributed by atoms with van der Waals surface area (Å²) in [4.78, 5) is 0. The van der Waals surface area contributed by atoms with Crippen molar-refractivity contribution in [2.24, 2.45) is 5.73 Å². The Hall–Kier alpha value is -0.770. The summed E-state index contributed by atoms with van der Waals surface area (Å²) in [6.45, 7) is 2.07. The van der Waals surface area contributed by atoms with Crippen LogP contribution in [0.4, 0.5) is 0 Å². The average Bonchev–Trinajstić information content (AvgIpc) is 2.79. The second-order valence-electron chi connectivity index (χ2n) is 3.80. The van der Waals surface area contributed by atoms with Crippen LogP contribution in [0, 0.1) is 0 Å². The van der Waals surface area contributed by atoms with Crippen LogP contribution in [-0.2, 0) is 11.3 Å². The second-order valence-corrected chi connectivity index (χ2v) is 3.80. The molecule has 1 unspecified atom stereocenters. The Labute approximate surface area is 102 Å². The normalized spacial score (nSPS) is 19.2. The number of benzene rings is 1. The van der Waals surface area contributed by atoms with E-state index in [2.05, 4.69) is 0 Å². The van der Waals surface area contributed by atoms with Crippen molar-refractivity contribution < 1.29 is 9.47 Å². The molecule has 1 fully saturated rings. The average molecular weight is 244 g/mol. The van der Waals surface area contributed by atoms with Gasteiger partial charge in [0.2, 0.25) is 0 Å². The van der Waals surface area contributed by atoms with Crippen LogP contribution >= 0.6 is 12.4 Å². The molecule has 1 heterocycles. The lowest BCUT2D eigenvalue weighted by Gasteiger charge is -2.11. The SMILES string of the molecule is Cl.NCc1cccc(OCC2CCCO2)c1. The van der Waals surface area contributed by atoms with Crippen LogP contribution in [0.3, 0.4) is 0 Å². The van der Waals surface area contributed by atoms with Crippen LogP contribution in [-0.4, -0.2) is 19.3 Å². The van der Waals surface area contributed by atoms with Crippen molar-refractivity contribution in [2.75, 3.05) is 13.2 Å². The Bertz CT molecular complexity index is 314. The number of halogens is 1. The van der Waals surface area contributed by atoms with E-state index in [9.17, 15) is 0 Å². The van der Waals surface area contributed by atoms with Gasteiger partial charge in [-0.1, -0.05) is 12.1 Å². The van der Waals surface area contributed by atoms with E-state index in [1.165, 1.54) is 0 Å². The third kappa shape index (κ3) is 3.67. The van der Waals surface area contributed by atoms with Crippen LogP contribution < -0.4 is 10.5 Å². The highest BCUT2D eigenvalue weighted by atomic mass is 35.5. The number of nitrogens with two attached hydrogens (primary N) is 1. The van der Waals surface area contributed by atoms with Gasteiger partial charge in [0.25, 0.3) is 0 Å². The molecule has 16 heavy (non-hydrogen) atoms. The fourth-order valence-corrected chi connectivity index (χ4v) is 1.73. The van der Waals surface area contributed by atoms with Crippen LogP contribution in [0.5, 0.6) is 5.75 Å².